The summed E-state index contributed by atoms with van der Waals surface area (Å²) in [5, 5.41) is 3.52. The van der Waals surface area contributed by atoms with E-state index >= 15 is 0 Å². The second-order valence-electron chi connectivity index (χ2n) is 5.57. The zero-order valence-electron chi connectivity index (χ0n) is 12.0. The molecule has 1 N–H and O–H groups in total. The molecular weight excluding hydrogens is 317 g/mol. The average molecular weight is 336 g/mol. The highest BCUT2D eigenvalue weighted by Crippen LogP contribution is 2.23. The molecule has 0 aliphatic rings. The van der Waals surface area contributed by atoms with Crippen LogP contribution in [0.3, 0.4) is 0 Å². The second-order valence-corrected chi connectivity index (χ2v) is 6.48. The van der Waals surface area contributed by atoms with Gasteiger partial charge >= 0.3 is 0 Å². The second kappa shape index (κ2) is 6.06. The summed E-state index contributed by atoms with van der Waals surface area (Å²) < 4.78 is 14.3. The van der Waals surface area contributed by atoms with Gasteiger partial charge in [-0.15, -0.1) is 0 Å². The summed E-state index contributed by atoms with van der Waals surface area (Å²) in [6.45, 7) is 6.79. The first kappa shape index (κ1) is 15.2. The third-order valence-electron chi connectivity index (χ3n) is 3.52. The molecule has 2 aromatic rings. The van der Waals surface area contributed by atoms with Gasteiger partial charge in [-0.05, 0) is 55.7 Å². The highest BCUT2D eigenvalue weighted by molar-refractivity contribution is 9.10. The van der Waals surface area contributed by atoms with E-state index in [0.29, 0.717) is 12.1 Å². The van der Waals surface area contributed by atoms with Crippen molar-refractivity contribution in [3.05, 3.63) is 69.4 Å². The van der Waals surface area contributed by atoms with Crippen LogP contribution >= 0.6 is 15.9 Å². The molecule has 0 heterocycles. The van der Waals surface area contributed by atoms with Gasteiger partial charge in [-0.25, -0.2) is 4.39 Å². The first-order chi connectivity index (χ1) is 9.38. The molecule has 0 saturated heterocycles. The molecule has 1 nitrogen and oxygen atoms in total. The van der Waals surface area contributed by atoms with Crippen molar-refractivity contribution < 1.29 is 4.39 Å². The molecule has 0 bridgehead atoms. The quantitative estimate of drug-likeness (QED) is 0.835. The molecule has 106 valence electrons. The van der Waals surface area contributed by atoms with E-state index in [0.717, 1.165) is 10.0 Å². The van der Waals surface area contributed by atoms with Crippen LogP contribution in [-0.2, 0) is 12.1 Å². The van der Waals surface area contributed by atoms with Crippen molar-refractivity contribution >= 4 is 15.9 Å². The van der Waals surface area contributed by atoms with E-state index in [2.05, 4.69) is 47.2 Å². The van der Waals surface area contributed by atoms with Crippen molar-refractivity contribution in [1.29, 1.82) is 0 Å². The number of hydrogen-bond donors (Lipinski definition) is 1. The van der Waals surface area contributed by atoms with Crippen molar-refractivity contribution in [3.63, 3.8) is 0 Å². The summed E-state index contributed by atoms with van der Waals surface area (Å²) in [5.74, 6) is -0.152. The normalized spacial score (nSPS) is 11.7. The van der Waals surface area contributed by atoms with Crippen LogP contribution in [0.15, 0.2) is 46.9 Å². The lowest BCUT2D eigenvalue weighted by molar-refractivity contribution is 0.401. The summed E-state index contributed by atoms with van der Waals surface area (Å²) in [5.41, 5.74) is 2.86. The van der Waals surface area contributed by atoms with Crippen LogP contribution in [0.25, 0.3) is 0 Å². The van der Waals surface area contributed by atoms with Crippen LogP contribution in [0, 0.1) is 12.7 Å². The Kier molecular flexibility index (Phi) is 4.61. The van der Waals surface area contributed by atoms with Crippen LogP contribution in [0.5, 0.6) is 0 Å². The number of benzene rings is 2. The monoisotopic (exact) mass is 335 g/mol. The highest BCUT2D eigenvalue weighted by atomic mass is 79.9. The standard InChI is InChI=1S/C17H19BrFN/c1-12-10-13(4-9-16(12)19)11-20-17(2,3)14-5-7-15(18)8-6-14/h4-10,20H,11H2,1-3H3. The number of rotatable bonds is 4. The Bertz CT molecular complexity index is 590. The lowest BCUT2D eigenvalue weighted by atomic mass is 9.94. The van der Waals surface area contributed by atoms with Gasteiger partial charge in [-0.2, -0.15) is 0 Å². The molecule has 2 rings (SSSR count). The molecule has 0 atom stereocenters. The van der Waals surface area contributed by atoms with Gasteiger partial charge in [0.1, 0.15) is 5.82 Å². The molecule has 0 saturated carbocycles. The maximum absolute atomic E-state index is 13.3. The van der Waals surface area contributed by atoms with E-state index in [-0.39, 0.29) is 11.4 Å². The molecule has 20 heavy (non-hydrogen) atoms. The Morgan fingerprint density at radius 1 is 1.10 bits per heavy atom. The Balaban J connectivity index is 2.08. The van der Waals surface area contributed by atoms with Crippen molar-refractivity contribution in [2.45, 2.75) is 32.9 Å². The number of nitrogens with one attached hydrogen (secondary N) is 1. The fraction of sp³-hybridized carbons (Fsp3) is 0.294. The van der Waals surface area contributed by atoms with E-state index in [1.807, 2.05) is 24.3 Å². The van der Waals surface area contributed by atoms with Gasteiger partial charge < -0.3 is 5.32 Å². The predicted octanol–water partition coefficient (Wildman–Crippen LogP) is 4.92. The van der Waals surface area contributed by atoms with Crippen molar-refractivity contribution in [2.75, 3.05) is 0 Å². The zero-order chi connectivity index (χ0) is 14.8. The van der Waals surface area contributed by atoms with Crippen LogP contribution in [0.1, 0.15) is 30.5 Å². The minimum atomic E-state index is -0.152. The van der Waals surface area contributed by atoms with Crippen LogP contribution in [-0.4, -0.2) is 0 Å². The van der Waals surface area contributed by atoms with E-state index in [9.17, 15) is 4.39 Å². The van der Waals surface area contributed by atoms with E-state index in [1.54, 1.807) is 6.92 Å². The van der Waals surface area contributed by atoms with E-state index in [1.165, 1.54) is 11.6 Å². The minimum absolute atomic E-state index is 0.136. The third kappa shape index (κ3) is 3.68. The smallest absolute Gasteiger partial charge is 0.126 e. The summed E-state index contributed by atoms with van der Waals surface area (Å²) in [7, 11) is 0. The molecule has 3 heteroatoms. The minimum Gasteiger partial charge on any atom is -0.304 e. The van der Waals surface area contributed by atoms with Gasteiger partial charge in [0.15, 0.2) is 0 Å². The summed E-state index contributed by atoms with van der Waals surface area (Å²) >= 11 is 3.45. The van der Waals surface area contributed by atoms with Gasteiger partial charge in [0.25, 0.3) is 0 Å². The molecular formula is C17H19BrFN. The summed E-state index contributed by atoms with van der Waals surface area (Å²) in [6, 6.07) is 13.5. The van der Waals surface area contributed by atoms with Gasteiger partial charge in [0.05, 0.1) is 0 Å². The predicted molar refractivity (Wildman–Crippen MR) is 85.1 cm³/mol. The molecule has 0 amide bonds. The largest absolute Gasteiger partial charge is 0.304 e. The Morgan fingerprint density at radius 2 is 1.75 bits per heavy atom. The van der Waals surface area contributed by atoms with Gasteiger partial charge in [0, 0.05) is 16.6 Å². The molecule has 0 fully saturated rings. The van der Waals surface area contributed by atoms with Crippen molar-refractivity contribution in [3.8, 4) is 0 Å². The molecule has 0 unspecified atom stereocenters. The first-order valence-electron chi connectivity index (χ1n) is 6.64. The van der Waals surface area contributed by atoms with Crippen molar-refractivity contribution in [2.24, 2.45) is 0 Å². The first-order valence-corrected chi connectivity index (χ1v) is 7.44. The number of aryl methyl sites for hydroxylation is 1. The Labute approximate surface area is 128 Å². The lowest BCUT2D eigenvalue weighted by Crippen LogP contribution is -2.35. The third-order valence-corrected chi connectivity index (χ3v) is 4.05. The SMILES string of the molecule is Cc1cc(CNC(C)(C)c2ccc(Br)cc2)ccc1F. The Hall–Kier alpha value is -1.19. The summed E-state index contributed by atoms with van der Waals surface area (Å²) in [6.07, 6.45) is 0. The van der Waals surface area contributed by atoms with Crippen LogP contribution in [0.4, 0.5) is 4.39 Å². The van der Waals surface area contributed by atoms with E-state index < -0.39 is 0 Å². The lowest BCUT2D eigenvalue weighted by Gasteiger charge is -2.27. The maximum atomic E-state index is 13.3. The van der Waals surface area contributed by atoms with E-state index in [4.69, 9.17) is 0 Å². The maximum Gasteiger partial charge on any atom is 0.126 e. The van der Waals surface area contributed by atoms with Gasteiger partial charge in [-0.3, -0.25) is 0 Å². The molecule has 2 aromatic carbocycles. The van der Waals surface area contributed by atoms with Crippen LogP contribution < -0.4 is 5.32 Å². The van der Waals surface area contributed by atoms with Gasteiger partial charge in [-0.1, -0.05) is 40.2 Å². The fourth-order valence-electron chi connectivity index (χ4n) is 2.11. The molecule has 0 aromatic heterocycles. The van der Waals surface area contributed by atoms with Gasteiger partial charge in [0.2, 0.25) is 0 Å². The van der Waals surface area contributed by atoms with Crippen LogP contribution in [0.2, 0.25) is 0 Å². The molecule has 0 aliphatic carbocycles. The molecule has 0 aliphatic heterocycles. The Morgan fingerprint density at radius 3 is 2.35 bits per heavy atom. The average Bonchev–Trinajstić information content (AvgIpc) is 2.41. The summed E-state index contributed by atoms with van der Waals surface area (Å²) in [4.78, 5) is 0. The molecule has 0 spiro atoms. The number of halogens is 2. The number of hydrogen-bond acceptors (Lipinski definition) is 1. The fourth-order valence-corrected chi connectivity index (χ4v) is 2.37. The molecule has 0 radical (unpaired) electrons. The van der Waals surface area contributed by atoms with Crippen molar-refractivity contribution in [1.82, 2.24) is 5.32 Å². The highest BCUT2D eigenvalue weighted by Gasteiger charge is 2.19. The zero-order valence-corrected chi connectivity index (χ0v) is 13.6. The topological polar surface area (TPSA) is 12.0 Å².